The van der Waals surface area contributed by atoms with Crippen molar-refractivity contribution in [2.45, 2.75) is 50.9 Å². The lowest BCUT2D eigenvalue weighted by molar-refractivity contribution is -0.163. The number of carbonyl (C=O) groups is 5. The lowest BCUT2D eigenvalue weighted by Gasteiger charge is -2.55. The van der Waals surface area contributed by atoms with Crippen LogP contribution in [-0.4, -0.2) is 62.8 Å². The Labute approximate surface area is 160 Å². The van der Waals surface area contributed by atoms with Crippen molar-refractivity contribution in [3.05, 3.63) is 11.3 Å². The van der Waals surface area contributed by atoms with E-state index in [1.54, 1.807) is 0 Å². The molecule has 0 aromatic carbocycles. The fourth-order valence-electron chi connectivity index (χ4n) is 3.07. The van der Waals surface area contributed by atoms with Crippen molar-refractivity contribution in [2.24, 2.45) is 0 Å². The van der Waals surface area contributed by atoms with E-state index in [2.05, 4.69) is 5.32 Å². The first-order chi connectivity index (χ1) is 12.7. The summed E-state index contributed by atoms with van der Waals surface area (Å²) in [4.78, 5) is 61.0. The number of fused-ring (bicyclic) bond motifs is 1. The molecule has 2 aliphatic rings. The van der Waals surface area contributed by atoms with E-state index in [0.717, 1.165) is 23.1 Å². The van der Waals surface area contributed by atoms with Gasteiger partial charge in [-0.15, -0.1) is 11.8 Å². The molecule has 2 amide bonds. The van der Waals surface area contributed by atoms with E-state index in [1.807, 2.05) is 6.92 Å². The summed E-state index contributed by atoms with van der Waals surface area (Å²) < 4.78 is 4.86. The van der Waals surface area contributed by atoms with Gasteiger partial charge in [0.25, 0.3) is 5.91 Å². The Morgan fingerprint density at radius 2 is 2.00 bits per heavy atom. The Kier molecular flexibility index (Phi) is 6.30. The highest BCUT2D eigenvalue weighted by Gasteiger charge is 2.68. The van der Waals surface area contributed by atoms with Gasteiger partial charge in [0.05, 0.1) is 0 Å². The molecule has 0 aromatic rings. The maximum atomic E-state index is 12.8. The van der Waals surface area contributed by atoms with Gasteiger partial charge >= 0.3 is 11.9 Å². The normalized spacial score (nSPS) is 24.0. The summed E-state index contributed by atoms with van der Waals surface area (Å²) in [5.74, 6) is -3.52. The minimum Gasteiger partial charge on any atom is -0.477 e. The molecule has 2 rings (SSSR count). The highest BCUT2D eigenvalue weighted by molar-refractivity contribution is 8.00. The van der Waals surface area contributed by atoms with Crippen LogP contribution in [0.25, 0.3) is 0 Å². The molecule has 10 heteroatoms. The number of thioether (sulfide) groups is 1. The molecule has 1 fully saturated rings. The molecule has 0 aromatic heterocycles. The van der Waals surface area contributed by atoms with Crippen molar-refractivity contribution in [1.29, 1.82) is 0 Å². The van der Waals surface area contributed by atoms with Crippen LogP contribution < -0.4 is 5.32 Å². The Hall–Kier alpha value is -2.36. The maximum absolute atomic E-state index is 12.8. The number of rotatable bonds is 8. The number of Topliss-reactive ketones (excluding diaryl/α,β-unsaturated/α-hetero) is 1. The summed E-state index contributed by atoms with van der Waals surface area (Å²) in [7, 11) is 0. The van der Waals surface area contributed by atoms with Gasteiger partial charge in [0.1, 0.15) is 17.7 Å². The van der Waals surface area contributed by atoms with Crippen molar-refractivity contribution in [3.8, 4) is 0 Å². The monoisotopic (exact) mass is 398 g/mol. The molecule has 2 N–H and O–H groups in total. The van der Waals surface area contributed by atoms with Crippen LogP contribution >= 0.6 is 11.8 Å². The summed E-state index contributed by atoms with van der Waals surface area (Å²) in [6.45, 7) is 4.06. The Bertz CT molecular complexity index is 733. The number of amides is 2. The number of carboxylic acids is 1. The number of esters is 1. The molecule has 0 saturated carbocycles. The molecule has 0 spiro atoms. The smallest absolute Gasteiger partial charge is 0.352 e. The number of nitrogens with one attached hydrogen (secondary N) is 1. The fourth-order valence-corrected chi connectivity index (χ4v) is 4.57. The van der Waals surface area contributed by atoms with Crippen molar-refractivity contribution >= 4 is 41.3 Å². The van der Waals surface area contributed by atoms with Crippen LogP contribution in [0.3, 0.4) is 0 Å². The fraction of sp³-hybridized carbons (Fsp3) is 0.588. The minimum atomic E-state index is -1.76. The molecule has 0 aliphatic carbocycles. The average Bonchev–Trinajstić information content (AvgIpc) is 2.60. The molecule has 0 unspecified atom stereocenters. The first-order valence-corrected chi connectivity index (χ1v) is 9.57. The zero-order valence-corrected chi connectivity index (χ0v) is 16.2. The molecule has 0 radical (unpaired) electrons. The zero-order chi connectivity index (χ0) is 20.4. The van der Waals surface area contributed by atoms with Gasteiger partial charge in [0.2, 0.25) is 11.4 Å². The van der Waals surface area contributed by atoms with Gasteiger partial charge in [-0.25, -0.2) is 4.79 Å². The molecular weight excluding hydrogens is 376 g/mol. The van der Waals surface area contributed by atoms with Crippen LogP contribution in [0.15, 0.2) is 11.3 Å². The lowest BCUT2D eigenvalue weighted by atomic mass is 9.82. The number of β-lactam (4-membered cyclic amide) rings is 1. The Morgan fingerprint density at radius 3 is 2.52 bits per heavy atom. The summed E-state index contributed by atoms with van der Waals surface area (Å²) in [6.07, 6.45) is 1.57. The summed E-state index contributed by atoms with van der Waals surface area (Å²) >= 11 is 1.16. The van der Waals surface area contributed by atoms with Gasteiger partial charge in [-0.05, 0) is 13.3 Å². The first kappa shape index (κ1) is 20.9. The second-order valence-corrected chi connectivity index (χ2v) is 7.46. The zero-order valence-electron chi connectivity index (χ0n) is 15.4. The van der Waals surface area contributed by atoms with Gasteiger partial charge in [0.15, 0.2) is 5.78 Å². The van der Waals surface area contributed by atoms with Gasteiger partial charge in [-0.2, -0.15) is 0 Å². The van der Waals surface area contributed by atoms with Crippen LogP contribution in [0.5, 0.6) is 0 Å². The van der Waals surface area contributed by atoms with E-state index in [0.29, 0.717) is 6.42 Å². The molecule has 2 atom stereocenters. The van der Waals surface area contributed by atoms with Crippen LogP contribution in [0, 0.1) is 0 Å². The minimum absolute atomic E-state index is 0.156. The summed E-state index contributed by atoms with van der Waals surface area (Å²) in [5, 5.41) is 11.2. The highest BCUT2D eigenvalue weighted by Crippen LogP contribution is 2.46. The van der Waals surface area contributed by atoms with Crippen LogP contribution in [0.1, 0.15) is 40.0 Å². The number of unbranched alkanes of at least 4 members (excludes halogenated alkanes) is 1. The Balaban J connectivity index is 2.33. The second-order valence-electron chi connectivity index (χ2n) is 6.39. The van der Waals surface area contributed by atoms with Gasteiger partial charge in [-0.1, -0.05) is 13.3 Å². The number of carbonyl (C=O) groups excluding carboxylic acids is 4. The van der Waals surface area contributed by atoms with Crippen molar-refractivity contribution in [1.82, 2.24) is 10.2 Å². The van der Waals surface area contributed by atoms with Crippen molar-refractivity contribution < 1.29 is 33.8 Å². The van der Waals surface area contributed by atoms with Crippen LogP contribution in [-0.2, 0) is 28.7 Å². The van der Waals surface area contributed by atoms with Crippen LogP contribution in [0.2, 0.25) is 0 Å². The third-order valence-corrected chi connectivity index (χ3v) is 5.85. The van der Waals surface area contributed by atoms with Gasteiger partial charge < -0.3 is 15.2 Å². The topological polar surface area (TPSA) is 130 Å². The summed E-state index contributed by atoms with van der Waals surface area (Å²) in [5.41, 5.74) is -1.80. The van der Waals surface area contributed by atoms with Crippen molar-refractivity contribution in [2.75, 3.05) is 12.4 Å². The number of ketones is 1. The number of hydrogen-bond acceptors (Lipinski definition) is 7. The van der Waals surface area contributed by atoms with Gasteiger partial charge in [0, 0.05) is 24.7 Å². The van der Waals surface area contributed by atoms with Crippen molar-refractivity contribution in [3.63, 3.8) is 0 Å². The number of aliphatic carboxylic acids is 1. The van der Waals surface area contributed by atoms with E-state index < -0.39 is 40.4 Å². The number of carboxylic acid groups (broad SMARTS) is 1. The third kappa shape index (κ3) is 3.71. The third-order valence-electron chi connectivity index (χ3n) is 4.45. The molecule has 0 bridgehead atoms. The number of nitrogens with zero attached hydrogens (tertiary/aromatic N) is 1. The average molecular weight is 398 g/mol. The molecule has 27 heavy (non-hydrogen) atoms. The number of ether oxygens (including phenoxy) is 1. The van der Waals surface area contributed by atoms with E-state index in [4.69, 9.17) is 4.74 Å². The quantitative estimate of drug-likeness (QED) is 0.342. The molecule has 9 nitrogen and oxygen atoms in total. The first-order valence-electron chi connectivity index (χ1n) is 8.52. The molecule has 148 valence electrons. The summed E-state index contributed by atoms with van der Waals surface area (Å²) in [6, 6.07) is 0. The molecule has 2 aliphatic heterocycles. The predicted molar refractivity (Wildman–Crippen MR) is 95.5 cm³/mol. The highest BCUT2D eigenvalue weighted by atomic mass is 32.2. The van der Waals surface area contributed by atoms with E-state index in [9.17, 15) is 29.1 Å². The van der Waals surface area contributed by atoms with E-state index >= 15 is 0 Å². The standard InChI is InChI=1S/C17H22N2O7S/c1-4-5-6-12(22)18-17(9(2)20)15(25)19-13(14(23)24)11(7-26-10(3)21)8-27-16(17)19/h16H,4-8H2,1-3H3,(H,18,22)(H,23,24)/t16-,17+/m1/s1. The predicted octanol–water partition coefficient (Wildman–Crippen LogP) is 0.438. The maximum Gasteiger partial charge on any atom is 0.352 e. The largest absolute Gasteiger partial charge is 0.477 e. The van der Waals surface area contributed by atoms with E-state index in [1.165, 1.54) is 13.8 Å². The van der Waals surface area contributed by atoms with Crippen LogP contribution in [0.4, 0.5) is 0 Å². The second kappa shape index (κ2) is 8.12. The number of hydrogen-bond donors (Lipinski definition) is 2. The molecular formula is C17H22N2O7S. The molecule has 2 heterocycles. The van der Waals surface area contributed by atoms with E-state index in [-0.39, 0.29) is 30.1 Å². The SMILES string of the molecule is CCCCC(=O)N[C@@]1(C(C)=O)C(=O)N2C(C(=O)O)=C(COC(C)=O)CS[C@@H]21. The van der Waals surface area contributed by atoms with Gasteiger partial charge in [-0.3, -0.25) is 24.1 Å². The molecule has 1 saturated heterocycles. The Morgan fingerprint density at radius 1 is 1.33 bits per heavy atom. The lowest BCUT2D eigenvalue weighted by Crippen LogP contribution is -2.82.